The number of rotatable bonds is 9. The molecule has 276 valence electrons. The van der Waals surface area contributed by atoms with Crippen molar-refractivity contribution in [2.75, 3.05) is 33.9 Å². The predicted molar refractivity (Wildman–Crippen MR) is 192 cm³/mol. The number of imidazole rings is 2. The summed E-state index contributed by atoms with van der Waals surface area (Å²) in [6.07, 6.45) is 3.99. The van der Waals surface area contributed by atoms with Crippen molar-refractivity contribution in [2.45, 2.75) is 82.6 Å². The molecule has 0 bridgehead atoms. The number of carbonyl (C=O) groups is 4. The Kier molecular flexibility index (Phi) is 10.0. The first-order chi connectivity index (χ1) is 25.1. The van der Waals surface area contributed by atoms with E-state index in [1.807, 2.05) is 18.7 Å². The van der Waals surface area contributed by atoms with Crippen LogP contribution in [0.3, 0.4) is 0 Å². The number of fused-ring (bicyclic) bond motifs is 2. The Labute approximate surface area is 301 Å². The highest BCUT2D eigenvalue weighted by Crippen LogP contribution is 2.38. The number of nitrogens with zero attached hydrogens (tertiary/aromatic N) is 4. The van der Waals surface area contributed by atoms with Gasteiger partial charge < -0.3 is 45.2 Å². The van der Waals surface area contributed by atoms with Gasteiger partial charge in [0.1, 0.15) is 24.2 Å². The van der Waals surface area contributed by atoms with Crippen LogP contribution in [0, 0.1) is 5.92 Å². The summed E-state index contributed by atoms with van der Waals surface area (Å²) < 4.78 is 9.36. The predicted octanol–water partition coefficient (Wildman–Crippen LogP) is 4.67. The fourth-order valence-corrected chi connectivity index (χ4v) is 7.97. The lowest BCUT2D eigenvalue weighted by molar-refractivity contribution is -0.135. The van der Waals surface area contributed by atoms with Crippen LogP contribution in [0.5, 0.6) is 0 Å². The van der Waals surface area contributed by atoms with Crippen molar-refractivity contribution >= 4 is 46.1 Å². The number of carbonyl (C=O) groups excluding carboxylic acids is 4. The molecule has 2 aromatic carbocycles. The molecule has 3 saturated heterocycles. The first-order valence-corrected chi connectivity index (χ1v) is 18.1. The fraction of sp³-hybridized carbons (Fsp3) is 0.514. The number of aromatic amines is 2. The van der Waals surface area contributed by atoms with Gasteiger partial charge in [-0.05, 0) is 79.8 Å². The molecule has 52 heavy (non-hydrogen) atoms. The van der Waals surface area contributed by atoms with Crippen molar-refractivity contribution in [2.24, 2.45) is 5.92 Å². The molecule has 5 N–H and O–H groups in total. The molecule has 0 saturated carbocycles. The van der Waals surface area contributed by atoms with Gasteiger partial charge in [0.15, 0.2) is 0 Å². The summed E-state index contributed by atoms with van der Waals surface area (Å²) in [6, 6.07) is 11.9. The molecule has 2 aromatic heterocycles. The Morgan fingerprint density at radius 3 is 1.87 bits per heavy atom. The summed E-state index contributed by atoms with van der Waals surface area (Å²) >= 11 is 0. The van der Waals surface area contributed by atoms with E-state index >= 15 is 0 Å². The van der Waals surface area contributed by atoms with Crippen LogP contribution in [-0.2, 0) is 19.1 Å². The van der Waals surface area contributed by atoms with Crippen molar-refractivity contribution in [3.8, 4) is 0 Å². The number of likely N-dealkylation sites (tertiary alicyclic amines) is 2. The fourth-order valence-electron chi connectivity index (χ4n) is 7.97. The molecule has 3 aliphatic rings. The number of aromatic nitrogens is 4. The lowest BCUT2D eigenvalue weighted by Gasteiger charge is -2.29. The van der Waals surface area contributed by atoms with Crippen LogP contribution >= 0.6 is 0 Å². The van der Waals surface area contributed by atoms with Gasteiger partial charge in [-0.1, -0.05) is 26.0 Å². The molecule has 7 rings (SSSR count). The Morgan fingerprint density at radius 1 is 0.788 bits per heavy atom. The molecule has 4 amide bonds. The smallest absolute Gasteiger partial charge is 0.407 e. The Bertz CT molecular complexity index is 1970. The standard InChI is InChI=1S/C37H47N9O6/c1-20(2)32(44-37(50)52-4)35(48)46-16-6-8-30(46)34-41-26-12-10-22(18-28(26)43-34)24-14-13-23(39-24)21-9-11-25-27(17-21)42-33(40-25)29-7-5-15-45(29)31(47)19-38-36(49)51-3/h9-12,17-18,20,23-24,29-30,32,39H,5-8,13-16,19H2,1-4H3,(H,38,49)(H,40,42)(H,41,43)(H,44,50)/t23-,24-,29+,30+,32?/m1/s1. The largest absolute Gasteiger partial charge is 0.453 e. The van der Waals surface area contributed by atoms with Gasteiger partial charge >= 0.3 is 12.2 Å². The molecule has 15 heteroatoms. The van der Waals surface area contributed by atoms with Crippen LogP contribution in [0.2, 0.25) is 0 Å². The molecule has 3 fully saturated rings. The summed E-state index contributed by atoms with van der Waals surface area (Å²) in [7, 11) is 2.57. The van der Waals surface area contributed by atoms with E-state index in [4.69, 9.17) is 14.7 Å². The van der Waals surface area contributed by atoms with Gasteiger partial charge in [0, 0.05) is 25.2 Å². The van der Waals surface area contributed by atoms with Crippen LogP contribution in [0.1, 0.15) is 99.3 Å². The maximum atomic E-state index is 13.6. The van der Waals surface area contributed by atoms with Crippen molar-refractivity contribution in [1.82, 2.24) is 45.7 Å². The lowest BCUT2D eigenvalue weighted by atomic mass is 10.0. The van der Waals surface area contributed by atoms with Gasteiger partial charge in [0.2, 0.25) is 11.8 Å². The minimum atomic E-state index is -0.683. The van der Waals surface area contributed by atoms with E-state index < -0.39 is 18.2 Å². The third kappa shape index (κ3) is 7.01. The van der Waals surface area contributed by atoms with Crippen LogP contribution in [0.15, 0.2) is 36.4 Å². The highest BCUT2D eigenvalue weighted by Gasteiger charge is 2.38. The highest BCUT2D eigenvalue weighted by atomic mass is 16.5. The topological polar surface area (TPSA) is 187 Å². The SMILES string of the molecule is COC(=O)NCC(=O)N1CCC[C@H]1c1nc2cc([C@H]3CC[C@H](c4ccc5[nH]c([C@@H]6CCCN6C(=O)C(NC(=O)OC)C(C)C)nc5c4)N3)ccc2[nH]1. The number of hydrogen-bond acceptors (Lipinski definition) is 9. The number of benzene rings is 2. The number of nitrogens with one attached hydrogen (secondary N) is 5. The summed E-state index contributed by atoms with van der Waals surface area (Å²) in [5.41, 5.74) is 5.87. The van der Waals surface area contributed by atoms with Crippen LogP contribution in [0.25, 0.3) is 22.1 Å². The molecular formula is C37H47N9O6. The van der Waals surface area contributed by atoms with Gasteiger partial charge in [-0.3, -0.25) is 9.59 Å². The Hall–Kier alpha value is -5.18. The quantitative estimate of drug-likeness (QED) is 0.164. The number of hydrogen-bond donors (Lipinski definition) is 5. The number of ether oxygens (including phenoxy) is 2. The van der Waals surface area contributed by atoms with Gasteiger partial charge in [-0.15, -0.1) is 0 Å². The molecule has 3 aliphatic heterocycles. The molecule has 0 spiro atoms. The normalized spacial score (nSPS) is 22.3. The summed E-state index contributed by atoms with van der Waals surface area (Å²) in [5.74, 6) is 1.11. The molecule has 5 atom stereocenters. The van der Waals surface area contributed by atoms with Gasteiger partial charge in [-0.2, -0.15) is 0 Å². The maximum absolute atomic E-state index is 13.6. The van der Waals surface area contributed by atoms with E-state index in [1.165, 1.54) is 14.2 Å². The molecule has 15 nitrogen and oxygen atoms in total. The van der Waals surface area contributed by atoms with Gasteiger partial charge in [0.25, 0.3) is 0 Å². The lowest BCUT2D eigenvalue weighted by Crippen LogP contribution is -2.51. The number of methoxy groups -OCH3 is 2. The second kappa shape index (κ2) is 14.8. The monoisotopic (exact) mass is 713 g/mol. The second-order valence-electron chi connectivity index (χ2n) is 14.3. The zero-order valence-corrected chi connectivity index (χ0v) is 30.0. The first kappa shape index (κ1) is 35.2. The number of alkyl carbamates (subject to hydrolysis) is 2. The molecular weight excluding hydrogens is 666 g/mol. The summed E-state index contributed by atoms with van der Waals surface area (Å²) in [6.45, 7) is 4.91. The van der Waals surface area contributed by atoms with Crippen molar-refractivity contribution in [3.63, 3.8) is 0 Å². The zero-order valence-electron chi connectivity index (χ0n) is 30.0. The van der Waals surface area contributed by atoms with E-state index in [9.17, 15) is 19.2 Å². The maximum Gasteiger partial charge on any atom is 0.407 e. The average molecular weight is 714 g/mol. The van der Waals surface area contributed by atoms with Crippen molar-refractivity contribution < 1.29 is 28.7 Å². The summed E-state index contributed by atoms with van der Waals surface area (Å²) in [4.78, 5) is 70.3. The minimum absolute atomic E-state index is 0.100. The van der Waals surface area contributed by atoms with Gasteiger partial charge in [-0.25, -0.2) is 19.6 Å². The van der Waals surface area contributed by atoms with E-state index in [2.05, 4.69) is 67.1 Å². The molecule has 5 heterocycles. The molecule has 0 radical (unpaired) electrons. The first-order valence-electron chi connectivity index (χ1n) is 18.1. The van der Waals surface area contributed by atoms with Crippen molar-refractivity contribution in [1.29, 1.82) is 0 Å². The van der Waals surface area contributed by atoms with E-state index in [0.717, 1.165) is 83.4 Å². The van der Waals surface area contributed by atoms with E-state index in [1.54, 1.807) is 4.90 Å². The highest BCUT2D eigenvalue weighted by molar-refractivity contribution is 5.87. The number of amides is 4. The van der Waals surface area contributed by atoms with E-state index in [0.29, 0.717) is 13.1 Å². The second-order valence-corrected chi connectivity index (χ2v) is 14.3. The third-order valence-corrected chi connectivity index (χ3v) is 10.7. The Morgan fingerprint density at radius 2 is 1.33 bits per heavy atom. The molecule has 4 aromatic rings. The van der Waals surface area contributed by atoms with Crippen molar-refractivity contribution in [3.05, 3.63) is 59.2 Å². The third-order valence-electron chi connectivity index (χ3n) is 10.7. The Balaban J connectivity index is 1.02. The minimum Gasteiger partial charge on any atom is -0.453 e. The summed E-state index contributed by atoms with van der Waals surface area (Å²) in [5, 5.41) is 9.01. The van der Waals surface area contributed by atoms with E-state index in [-0.39, 0.29) is 48.4 Å². The van der Waals surface area contributed by atoms with Crippen LogP contribution in [-0.4, -0.2) is 93.6 Å². The van der Waals surface area contributed by atoms with Gasteiger partial charge in [0.05, 0.1) is 48.4 Å². The van der Waals surface area contributed by atoms with Crippen LogP contribution < -0.4 is 16.0 Å². The number of H-pyrrole nitrogens is 2. The zero-order chi connectivity index (χ0) is 36.5. The molecule has 0 aliphatic carbocycles. The van der Waals surface area contributed by atoms with Crippen LogP contribution in [0.4, 0.5) is 9.59 Å². The molecule has 1 unspecified atom stereocenters. The average Bonchev–Trinajstić information content (AvgIpc) is 3.99.